The lowest BCUT2D eigenvalue weighted by atomic mass is 10.0. The minimum atomic E-state index is -0.0283. The van der Waals surface area contributed by atoms with Crippen molar-refractivity contribution in [2.75, 3.05) is 0 Å². The fourth-order valence-electron chi connectivity index (χ4n) is 2.55. The standard InChI is InChI=1S/C13H24O2/c1-13(2)9-8-11(15-13)4-3-5-12(14)10-6-7-10/h10-12,14H,3-9H2,1-2H3. The highest BCUT2D eigenvalue weighted by molar-refractivity contribution is 4.83. The monoisotopic (exact) mass is 212 g/mol. The van der Waals surface area contributed by atoms with E-state index in [9.17, 15) is 5.11 Å². The van der Waals surface area contributed by atoms with Gasteiger partial charge in [0.15, 0.2) is 0 Å². The highest BCUT2D eigenvalue weighted by Gasteiger charge is 2.32. The minimum Gasteiger partial charge on any atom is -0.393 e. The van der Waals surface area contributed by atoms with Crippen LogP contribution in [0.2, 0.25) is 0 Å². The van der Waals surface area contributed by atoms with Gasteiger partial charge in [-0.3, -0.25) is 0 Å². The SMILES string of the molecule is CC1(C)CCC(CCCC(O)C2CC2)O1. The summed E-state index contributed by atoms with van der Waals surface area (Å²) in [4.78, 5) is 0. The van der Waals surface area contributed by atoms with Crippen molar-refractivity contribution in [2.45, 2.75) is 76.6 Å². The zero-order valence-corrected chi connectivity index (χ0v) is 10.0. The summed E-state index contributed by atoms with van der Waals surface area (Å²) < 4.78 is 5.93. The summed E-state index contributed by atoms with van der Waals surface area (Å²) >= 11 is 0. The Labute approximate surface area is 93.0 Å². The molecule has 1 aliphatic carbocycles. The van der Waals surface area contributed by atoms with E-state index in [0.717, 1.165) is 19.3 Å². The van der Waals surface area contributed by atoms with E-state index in [2.05, 4.69) is 13.8 Å². The van der Waals surface area contributed by atoms with Crippen molar-refractivity contribution in [3.63, 3.8) is 0 Å². The Balaban J connectivity index is 1.58. The van der Waals surface area contributed by atoms with Crippen LogP contribution in [0, 0.1) is 5.92 Å². The number of hydrogen-bond donors (Lipinski definition) is 1. The Bertz CT molecular complexity index is 209. The Kier molecular flexibility index (Phi) is 3.36. The molecule has 0 bridgehead atoms. The highest BCUT2D eigenvalue weighted by Crippen LogP contribution is 2.36. The number of aliphatic hydroxyl groups is 1. The topological polar surface area (TPSA) is 29.5 Å². The maximum Gasteiger partial charge on any atom is 0.0631 e. The molecule has 88 valence electrons. The summed E-state index contributed by atoms with van der Waals surface area (Å²) in [7, 11) is 0. The fraction of sp³-hybridized carbons (Fsp3) is 1.00. The van der Waals surface area contributed by atoms with Gasteiger partial charge in [0, 0.05) is 0 Å². The molecule has 2 rings (SSSR count). The molecule has 2 nitrogen and oxygen atoms in total. The molecule has 0 amide bonds. The fourth-order valence-corrected chi connectivity index (χ4v) is 2.55. The largest absolute Gasteiger partial charge is 0.393 e. The maximum atomic E-state index is 9.72. The Morgan fingerprint density at radius 1 is 1.33 bits per heavy atom. The molecule has 1 saturated heterocycles. The average Bonchev–Trinajstić information content (AvgIpc) is 2.92. The molecule has 0 aromatic carbocycles. The maximum absolute atomic E-state index is 9.72. The molecule has 1 N–H and O–H groups in total. The van der Waals surface area contributed by atoms with Gasteiger partial charge in [0.2, 0.25) is 0 Å². The van der Waals surface area contributed by atoms with Crippen molar-refractivity contribution in [2.24, 2.45) is 5.92 Å². The molecule has 0 aromatic heterocycles. The van der Waals surface area contributed by atoms with E-state index in [1.807, 2.05) is 0 Å². The first-order valence-corrected chi connectivity index (χ1v) is 6.43. The van der Waals surface area contributed by atoms with Gasteiger partial charge < -0.3 is 9.84 Å². The van der Waals surface area contributed by atoms with E-state index in [4.69, 9.17) is 4.74 Å². The number of rotatable bonds is 5. The molecule has 0 spiro atoms. The summed E-state index contributed by atoms with van der Waals surface area (Å²) in [6.07, 6.45) is 8.53. The van der Waals surface area contributed by atoms with Gasteiger partial charge in [-0.15, -0.1) is 0 Å². The van der Waals surface area contributed by atoms with Crippen LogP contribution in [0.15, 0.2) is 0 Å². The van der Waals surface area contributed by atoms with Gasteiger partial charge in [-0.1, -0.05) is 0 Å². The number of ether oxygens (including phenoxy) is 1. The molecule has 2 fully saturated rings. The van der Waals surface area contributed by atoms with Crippen molar-refractivity contribution in [3.05, 3.63) is 0 Å². The van der Waals surface area contributed by atoms with Crippen LogP contribution < -0.4 is 0 Å². The summed E-state index contributed by atoms with van der Waals surface area (Å²) in [5, 5.41) is 9.72. The smallest absolute Gasteiger partial charge is 0.0631 e. The summed E-state index contributed by atoms with van der Waals surface area (Å²) in [5.74, 6) is 0.630. The third kappa shape index (κ3) is 3.46. The quantitative estimate of drug-likeness (QED) is 0.759. The van der Waals surface area contributed by atoms with Gasteiger partial charge in [0.05, 0.1) is 17.8 Å². The second kappa shape index (κ2) is 4.42. The second-order valence-corrected chi connectivity index (χ2v) is 5.87. The van der Waals surface area contributed by atoms with Crippen LogP contribution in [-0.4, -0.2) is 22.9 Å². The minimum absolute atomic E-state index is 0.0283. The van der Waals surface area contributed by atoms with Gasteiger partial charge >= 0.3 is 0 Å². The average molecular weight is 212 g/mol. The summed E-state index contributed by atoms with van der Waals surface area (Å²) in [6.45, 7) is 4.35. The van der Waals surface area contributed by atoms with Crippen LogP contribution >= 0.6 is 0 Å². The van der Waals surface area contributed by atoms with Crippen molar-refractivity contribution in [3.8, 4) is 0 Å². The molecule has 1 heterocycles. The molecular weight excluding hydrogens is 188 g/mol. The van der Waals surface area contributed by atoms with Crippen molar-refractivity contribution < 1.29 is 9.84 Å². The van der Waals surface area contributed by atoms with E-state index in [1.54, 1.807) is 0 Å². The predicted octanol–water partition coefficient (Wildman–Crippen LogP) is 2.89. The predicted molar refractivity (Wildman–Crippen MR) is 60.8 cm³/mol. The van der Waals surface area contributed by atoms with Crippen LogP contribution in [0.25, 0.3) is 0 Å². The van der Waals surface area contributed by atoms with E-state index in [1.165, 1.54) is 25.7 Å². The van der Waals surface area contributed by atoms with E-state index in [-0.39, 0.29) is 11.7 Å². The molecule has 15 heavy (non-hydrogen) atoms. The lowest BCUT2D eigenvalue weighted by Gasteiger charge is -2.19. The van der Waals surface area contributed by atoms with Crippen LogP contribution in [0.3, 0.4) is 0 Å². The number of aliphatic hydroxyl groups excluding tert-OH is 1. The lowest BCUT2D eigenvalue weighted by molar-refractivity contribution is -0.0203. The van der Waals surface area contributed by atoms with Crippen molar-refractivity contribution in [1.29, 1.82) is 0 Å². The van der Waals surface area contributed by atoms with Crippen LogP contribution in [0.4, 0.5) is 0 Å². The molecule has 0 radical (unpaired) electrons. The van der Waals surface area contributed by atoms with Crippen molar-refractivity contribution >= 4 is 0 Å². The molecule has 2 unspecified atom stereocenters. The second-order valence-electron chi connectivity index (χ2n) is 5.87. The molecule has 2 heteroatoms. The van der Waals surface area contributed by atoms with E-state index < -0.39 is 0 Å². The first kappa shape index (κ1) is 11.4. The Morgan fingerprint density at radius 3 is 2.60 bits per heavy atom. The molecule has 0 aromatic rings. The van der Waals surface area contributed by atoms with Gasteiger partial charge in [-0.2, -0.15) is 0 Å². The molecular formula is C13H24O2. The first-order valence-electron chi connectivity index (χ1n) is 6.43. The van der Waals surface area contributed by atoms with Crippen LogP contribution in [0.1, 0.15) is 58.8 Å². The van der Waals surface area contributed by atoms with Gasteiger partial charge in [0.1, 0.15) is 0 Å². The lowest BCUT2D eigenvalue weighted by Crippen LogP contribution is -2.20. The van der Waals surface area contributed by atoms with Gasteiger partial charge in [-0.25, -0.2) is 0 Å². The Hall–Kier alpha value is -0.0800. The molecule has 2 aliphatic rings. The normalized spacial score (nSPS) is 31.8. The van der Waals surface area contributed by atoms with Gasteiger partial charge in [-0.05, 0) is 64.7 Å². The molecule has 1 aliphatic heterocycles. The van der Waals surface area contributed by atoms with Crippen LogP contribution in [-0.2, 0) is 4.74 Å². The van der Waals surface area contributed by atoms with Crippen molar-refractivity contribution in [1.82, 2.24) is 0 Å². The highest BCUT2D eigenvalue weighted by atomic mass is 16.5. The summed E-state index contributed by atoms with van der Waals surface area (Å²) in [5.41, 5.74) is 0.0970. The number of hydrogen-bond acceptors (Lipinski definition) is 2. The third-order valence-corrected chi connectivity index (χ3v) is 3.75. The molecule has 2 atom stereocenters. The zero-order valence-electron chi connectivity index (χ0n) is 10.0. The Morgan fingerprint density at radius 2 is 2.07 bits per heavy atom. The van der Waals surface area contributed by atoms with E-state index in [0.29, 0.717) is 12.0 Å². The third-order valence-electron chi connectivity index (χ3n) is 3.75. The van der Waals surface area contributed by atoms with E-state index >= 15 is 0 Å². The molecule has 1 saturated carbocycles. The van der Waals surface area contributed by atoms with Gasteiger partial charge in [0.25, 0.3) is 0 Å². The zero-order chi connectivity index (χ0) is 10.9. The van der Waals surface area contributed by atoms with Crippen LogP contribution in [0.5, 0.6) is 0 Å². The summed E-state index contributed by atoms with van der Waals surface area (Å²) in [6, 6.07) is 0. The first-order chi connectivity index (χ1) is 7.07.